The molecular formula is C13H12ClNOS. The topological polar surface area (TPSA) is 35.1 Å². The van der Waals surface area contributed by atoms with Crippen LogP contribution >= 0.6 is 11.6 Å². The first-order chi connectivity index (χ1) is 8.16. The minimum atomic E-state index is -1.26. The molecule has 2 nitrogen and oxygen atoms in total. The van der Waals surface area contributed by atoms with E-state index in [1.807, 2.05) is 49.4 Å². The minimum absolute atomic E-state index is 0.667. The van der Waals surface area contributed by atoms with Crippen molar-refractivity contribution in [1.29, 1.82) is 0 Å². The van der Waals surface area contributed by atoms with Crippen molar-refractivity contribution in [3.05, 3.63) is 59.1 Å². The van der Waals surface area contributed by atoms with Gasteiger partial charge in [0.05, 0.1) is 5.69 Å². The number of hydrogen-bond acceptors (Lipinski definition) is 2. The van der Waals surface area contributed by atoms with Gasteiger partial charge in [0, 0.05) is 5.02 Å². The second kappa shape index (κ2) is 5.45. The fraction of sp³-hybridized carbons (Fsp3) is 0.0769. The SMILES string of the molecule is Cc1ccc(N[S+]([O-])c2ccccc2)cc1Cl. The van der Waals surface area contributed by atoms with Gasteiger partial charge in [-0.05, 0) is 36.8 Å². The van der Waals surface area contributed by atoms with Gasteiger partial charge in [0.2, 0.25) is 0 Å². The smallest absolute Gasteiger partial charge is 0.179 e. The fourth-order valence-corrected chi connectivity index (χ4v) is 2.41. The molecule has 0 amide bonds. The lowest BCUT2D eigenvalue weighted by Gasteiger charge is -2.11. The van der Waals surface area contributed by atoms with Gasteiger partial charge in [-0.15, -0.1) is 0 Å². The fourth-order valence-electron chi connectivity index (χ4n) is 1.37. The Morgan fingerprint density at radius 2 is 1.82 bits per heavy atom. The van der Waals surface area contributed by atoms with Gasteiger partial charge >= 0.3 is 0 Å². The largest absolute Gasteiger partial charge is 0.588 e. The van der Waals surface area contributed by atoms with E-state index in [0.717, 1.165) is 16.1 Å². The van der Waals surface area contributed by atoms with Gasteiger partial charge in [-0.3, -0.25) is 0 Å². The van der Waals surface area contributed by atoms with E-state index in [-0.39, 0.29) is 0 Å². The third-order valence-corrected chi connectivity index (χ3v) is 3.87. The molecule has 0 aromatic heterocycles. The van der Waals surface area contributed by atoms with E-state index >= 15 is 0 Å². The third-order valence-electron chi connectivity index (χ3n) is 2.34. The van der Waals surface area contributed by atoms with Crippen LogP contribution in [0.5, 0.6) is 0 Å². The molecule has 0 aliphatic rings. The Bertz CT molecular complexity index is 504. The predicted molar refractivity (Wildman–Crippen MR) is 72.7 cm³/mol. The molecule has 2 rings (SSSR count). The summed E-state index contributed by atoms with van der Waals surface area (Å²) >= 11 is 4.75. The molecule has 0 bridgehead atoms. The normalized spacial score (nSPS) is 12.2. The number of benzene rings is 2. The molecule has 0 saturated carbocycles. The van der Waals surface area contributed by atoms with Gasteiger partial charge < -0.3 is 4.55 Å². The molecule has 1 unspecified atom stereocenters. The van der Waals surface area contributed by atoms with Crippen molar-refractivity contribution in [2.75, 3.05) is 4.72 Å². The average Bonchev–Trinajstić information content (AvgIpc) is 2.35. The lowest BCUT2D eigenvalue weighted by molar-refractivity contribution is 0.600. The minimum Gasteiger partial charge on any atom is -0.588 e. The van der Waals surface area contributed by atoms with Crippen LogP contribution < -0.4 is 4.72 Å². The molecule has 0 aliphatic heterocycles. The van der Waals surface area contributed by atoms with Crippen LogP contribution in [0.1, 0.15) is 5.56 Å². The van der Waals surface area contributed by atoms with Crippen molar-refractivity contribution >= 4 is 28.7 Å². The van der Waals surface area contributed by atoms with Crippen molar-refractivity contribution in [3.63, 3.8) is 0 Å². The van der Waals surface area contributed by atoms with Crippen molar-refractivity contribution in [3.8, 4) is 0 Å². The summed E-state index contributed by atoms with van der Waals surface area (Å²) < 4.78 is 14.9. The van der Waals surface area contributed by atoms with E-state index in [1.165, 1.54) is 0 Å². The molecule has 0 heterocycles. The Balaban J connectivity index is 2.13. The maximum Gasteiger partial charge on any atom is 0.179 e. The highest BCUT2D eigenvalue weighted by atomic mass is 35.5. The molecular weight excluding hydrogens is 254 g/mol. The Kier molecular flexibility index (Phi) is 3.94. The molecule has 0 fully saturated rings. The first kappa shape index (κ1) is 12.3. The van der Waals surface area contributed by atoms with Crippen molar-refractivity contribution in [1.82, 2.24) is 0 Å². The number of aryl methyl sites for hydroxylation is 1. The number of nitrogens with one attached hydrogen (secondary N) is 1. The standard InChI is InChI=1S/C13H12ClNOS/c1-10-7-8-11(9-13(10)14)15-17(16)12-5-3-2-4-6-12/h2-9,15H,1H3. The van der Waals surface area contributed by atoms with Crippen LogP contribution in [0.25, 0.3) is 0 Å². The molecule has 1 N–H and O–H groups in total. The van der Waals surface area contributed by atoms with E-state index in [1.54, 1.807) is 6.07 Å². The summed E-state index contributed by atoms with van der Waals surface area (Å²) in [6.45, 7) is 1.93. The number of hydrogen-bond donors (Lipinski definition) is 1. The van der Waals surface area contributed by atoms with Crippen LogP contribution in [0, 0.1) is 6.92 Å². The zero-order valence-electron chi connectivity index (χ0n) is 9.31. The molecule has 2 aromatic carbocycles. The number of anilines is 1. The van der Waals surface area contributed by atoms with Gasteiger partial charge in [0.15, 0.2) is 4.90 Å². The third kappa shape index (κ3) is 3.16. The highest BCUT2D eigenvalue weighted by molar-refractivity contribution is 7.92. The summed E-state index contributed by atoms with van der Waals surface area (Å²) in [7, 11) is 0. The second-order valence-corrected chi connectivity index (χ2v) is 5.27. The number of halogens is 1. The van der Waals surface area contributed by atoms with Gasteiger partial charge in [0.25, 0.3) is 0 Å². The average molecular weight is 266 g/mol. The summed E-state index contributed by atoms with van der Waals surface area (Å²) in [6.07, 6.45) is 0. The highest BCUT2D eigenvalue weighted by Gasteiger charge is 2.10. The van der Waals surface area contributed by atoms with Crippen LogP contribution in [0.3, 0.4) is 0 Å². The Morgan fingerprint density at radius 1 is 1.12 bits per heavy atom. The second-order valence-electron chi connectivity index (χ2n) is 3.65. The van der Waals surface area contributed by atoms with Gasteiger partial charge in [-0.2, -0.15) is 0 Å². The van der Waals surface area contributed by atoms with Crippen LogP contribution in [-0.2, 0) is 11.4 Å². The monoisotopic (exact) mass is 265 g/mol. The van der Waals surface area contributed by atoms with Crippen molar-refractivity contribution in [2.45, 2.75) is 11.8 Å². The molecule has 0 radical (unpaired) electrons. The van der Waals surface area contributed by atoms with E-state index in [4.69, 9.17) is 11.6 Å². The van der Waals surface area contributed by atoms with E-state index in [9.17, 15) is 4.55 Å². The first-order valence-electron chi connectivity index (χ1n) is 5.16. The Labute approximate surface area is 109 Å². The van der Waals surface area contributed by atoms with Crippen LogP contribution in [-0.4, -0.2) is 4.55 Å². The van der Waals surface area contributed by atoms with Crippen LogP contribution in [0.2, 0.25) is 5.02 Å². The van der Waals surface area contributed by atoms with E-state index in [0.29, 0.717) is 5.02 Å². The number of rotatable bonds is 3. The van der Waals surface area contributed by atoms with E-state index in [2.05, 4.69) is 4.72 Å². The molecule has 0 saturated heterocycles. The highest BCUT2D eigenvalue weighted by Crippen LogP contribution is 2.22. The van der Waals surface area contributed by atoms with Gasteiger partial charge in [-0.25, -0.2) is 4.72 Å². The summed E-state index contributed by atoms with van der Waals surface area (Å²) in [4.78, 5) is 0.740. The van der Waals surface area contributed by atoms with Gasteiger partial charge in [0.1, 0.15) is 11.4 Å². The zero-order valence-corrected chi connectivity index (χ0v) is 10.9. The summed E-state index contributed by atoms with van der Waals surface area (Å²) in [6, 6.07) is 14.8. The zero-order chi connectivity index (χ0) is 12.3. The maximum absolute atomic E-state index is 12.0. The first-order valence-corrected chi connectivity index (χ1v) is 6.69. The van der Waals surface area contributed by atoms with Gasteiger partial charge in [-0.1, -0.05) is 35.9 Å². The van der Waals surface area contributed by atoms with Crippen molar-refractivity contribution < 1.29 is 4.55 Å². The molecule has 17 heavy (non-hydrogen) atoms. The maximum atomic E-state index is 12.0. The van der Waals surface area contributed by atoms with E-state index < -0.39 is 11.4 Å². The lowest BCUT2D eigenvalue weighted by Crippen LogP contribution is -2.12. The molecule has 0 spiro atoms. The van der Waals surface area contributed by atoms with Crippen LogP contribution in [0.4, 0.5) is 5.69 Å². The summed E-state index contributed by atoms with van der Waals surface area (Å²) in [5.41, 5.74) is 1.76. The Hall–Kier alpha value is -1.16. The molecule has 0 aliphatic carbocycles. The quantitative estimate of drug-likeness (QED) is 0.857. The predicted octanol–water partition coefficient (Wildman–Crippen LogP) is 3.78. The summed E-state index contributed by atoms with van der Waals surface area (Å²) in [5, 5.41) is 0.667. The lowest BCUT2D eigenvalue weighted by atomic mass is 10.2. The van der Waals surface area contributed by atoms with Crippen LogP contribution in [0.15, 0.2) is 53.4 Å². The molecule has 1 atom stereocenters. The molecule has 88 valence electrons. The molecule has 2 aromatic rings. The van der Waals surface area contributed by atoms with Crippen molar-refractivity contribution in [2.24, 2.45) is 0 Å². The molecule has 4 heteroatoms. The summed E-state index contributed by atoms with van der Waals surface area (Å²) in [5.74, 6) is 0. The Morgan fingerprint density at radius 3 is 2.47 bits per heavy atom.